The molecule has 0 radical (unpaired) electrons. The molecule has 0 unspecified atom stereocenters. The predicted molar refractivity (Wildman–Crippen MR) is 105 cm³/mol. The Labute approximate surface area is 157 Å². The summed E-state index contributed by atoms with van der Waals surface area (Å²) in [5.74, 6) is 4.50. The van der Waals surface area contributed by atoms with Crippen LogP contribution in [0.25, 0.3) is 0 Å². The highest BCUT2D eigenvalue weighted by Gasteiger charge is 2.11. The first-order valence-corrected chi connectivity index (χ1v) is 8.76. The monoisotopic (exact) mass is 401 g/mol. The SMILES string of the molecule is C#CCOc1c(Br)cc(C=Nc2ccc(OCC)cc2)cc1OCC. The van der Waals surface area contributed by atoms with E-state index in [9.17, 15) is 0 Å². The van der Waals surface area contributed by atoms with Crippen LogP contribution < -0.4 is 14.2 Å². The molecular weight excluding hydrogens is 382 g/mol. The summed E-state index contributed by atoms with van der Waals surface area (Å²) in [5, 5.41) is 0. The fourth-order valence-electron chi connectivity index (χ4n) is 2.12. The molecule has 0 heterocycles. The van der Waals surface area contributed by atoms with E-state index in [2.05, 4.69) is 26.8 Å². The Kier molecular flexibility index (Phi) is 7.36. The molecule has 0 fully saturated rings. The van der Waals surface area contributed by atoms with E-state index in [4.69, 9.17) is 20.6 Å². The molecule has 25 heavy (non-hydrogen) atoms. The summed E-state index contributed by atoms with van der Waals surface area (Å²) in [5.41, 5.74) is 1.72. The van der Waals surface area contributed by atoms with Crippen LogP contribution in [0.3, 0.4) is 0 Å². The molecule has 4 nitrogen and oxygen atoms in total. The number of aliphatic imine (C=N–C) groups is 1. The maximum atomic E-state index is 5.65. The highest BCUT2D eigenvalue weighted by atomic mass is 79.9. The Morgan fingerprint density at radius 2 is 1.80 bits per heavy atom. The summed E-state index contributed by atoms with van der Waals surface area (Å²) >= 11 is 3.50. The molecule has 0 amide bonds. The molecule has 130 valence electrons. The van der Waals surface area contributed by atoms with E-state index < -0.39 is 0 Å². The Morgan fingerprint density at radius 1 is 1.08 bits per heavy atom. The molecule has 0 spiro atoms. The van der Waals surface area contributed by atoms with E-state index in [0.717, 1.165) is 21.5 Å². The third-order valence-electron chi connectivity index (χ3n) is 3.14. The van der Waals surface area contributed by atoms with Gasteiger partial charge in [0.1, 0.15) is 12.4 Å². The molecule has 0 aliphatic rings. The van der Waals surface area contributed by atoms with Crippen molar-refractivity contribution in [3.63, 3.8) is 0 Å². The summed E-state index contributed by atoms with van der Waals surface area (Å²) in [7, 11) is 0. The van der Waals surface area contributed by atoms with Gasteiger partial charge < -0.3 is 14.2 Å². The van der Waals surface area contributed by atoms with E-state index >= 15 is 0 Å². The van der Waals surface area contributed by atoms with Gasteiger partial charge in [-0.2, -0.15) is 0 Å². The number of ether oxygens (including phenoxy) is 3. The maximum Gasteiger partial charge on any atom is 0.176 e. The van der Waals surface area contributed by atoms with E-state index in [1.807, 2.05) is 50.2 Å². The number of terminal acetylenes is 1. The standard InChI is InChI=1S/C20H20BrNO3/c1-4-11-25-20-18(21)12-15(13-19(20)24-6-3)14-22-16-7-9-17(10-8-16)23-5-2/h1,7-10,12-14H,5-6,11H2,2-3H3. The first kappa shape index (κ1) is 18.9. The van der Waals surface area contributed by atoms with Crippen molar-refractivity contribution >= 4 is 27.8 Å². The number of hydrogen-bond acceptors (Lipinski definition) is 4. The van der Waals surface area contributed by atoms with E-state index in [1.165, 1.54) is 0 Å². The van der Waals surface area contributed by atoms with Crippen LogP contribution in [-0.2, 0) is 0 Å². The molecular formula is C20H20BrNO3. The normalized spacial score (nSPS) is 10.5. The summed E-state index contributed by atoms with van der Waals surface area (Å²) in [6, 6.07) is 11.4. The molecule has 0 aliphatic carbocycles. The fourth-order valence-corrected chi connectivity index (χ4v) is 2.70. The first-order valence-electron chi connectivity index (χ1n) is 7.97. The summed E-state index contributed by atoms with van der Waals surface area (Å²) in [6.07, 6.45) is 7.03. The maximum absolute atomic E-state index is 5.65. The third kappa shape index (κ3) is 5.54. The van der Waals surface area contributed by atoms with Crippen molar-refractivity contribution in [2.24, 2.45) is 4.99 Å². The molecule has 2 rings (SSSR count). The summed E-state index contributed by atoms with van der Waals surface area (Å²) in [6.45, 7) is 5.22. The second-order valence-corrected chi connectivity index (χ2v) is 5.80. The van der Waals surface area contributed by atoms with Gasteiger partial charge in [-0.3, -0.25) is 4.99 Å². The lowest BCUT2D eigenvalue weighted by molar-refractivity contribution is 0.298. The van der Waals surface area contributed by atoms with Gasteiger partial charge in [0.05, 0.1) is 23.4 Å². The number of benzene rings is 2. The molecule has 5 heteroatoms. The van der Waals surface area contributed by atoms with Crippen LogP contribution in [0.5, 0.6) is 17.2 Å². The zero-order valence-electron chi connectivity index (χ0n) is 14.3. The van der Waals surface area contributed by atoms with Crippen molar-refractivity contribution in [2.75, 3.05) is 19.8 Å². The van der Waals surface area contributed by atoms with Crippen molar-refractivity contribution < 1.29 is 14.2 Å². The molecule has 0 aliphatic heterocycles. The van der Waals surface area contributed by atoms with Gasteiger partial charge in [-0.1, -0.05) is 5.92 Å². The van der Waals surface area contributed by atoms with Crippen LogP contribution in [-0.4, -0.2) is 26.0 Å². The Hall–Kier alpha value is -2.45. The molecule has 0 saturated heterocycles. The fraction of sp³-hybridized carbons (Fsp3) is 0.250. The van der Waals surface area contributed by atoms with Gasteiger partial charge in [0, 0.05) is 6.21 Å². The molecule has 0 atom stereocenters. The third-order valence-corrected chi connectivity index (χ3v) is 3.73. The van der Waals surface area contributed by atoms with Crippen molar-refractivity contribution in [2.45, 2.75) is 13.8 Å². The molecule has 0 aromatic heterocycles. The minimum absolute atomic E-state index is 0.179. The van der Waals surface area contributed by atoms with Gasteiger partial charge in [-0.05, 0) is 71.7 Å². The van der Waals surface area contributed by atoms with Crippen LogP contribution in [0.1, 0.15) is 19.4 Å². The lowest BCUT2D eigenvalue weighted by atomic mass is 10.2. The summed E-state index contributed by atoms with van der Waals surface area (Å²) in [4.78, 5) is 4.48. The van der Waals surface area contributed by atoms with Gasteiger partial charge in [0.2, 0.25) is 0 Å². The van der Waals surface area contributed by atoms with E-state index in [1.54, 1.807) is 6.21 Å². The van der Waals surface area contributed by atoms with Crippen LogP contribution in [0, 0.1) is 12.3 Å². The van der Waals surface area contributed by atoms with Gasteiger partial charge in [-0.15, -0.1) is 6.42 Å². The lowest BCUT2D eigenvalue weighted by Crippen LogP contribution is -2.01. The van der Waals surface area contributed by atoms with Crippen molar-refractivity contribution in [3.8, 4) is 29.6 Å². The van der Waals surface area contributed by atoms with Gasteiger partial charge in [0.15, 0.2) is 11.5 Å². The molecule has 2 aromatic carbocycles. The van der Waals surface area contributed by atoms with Crippen LogP contribution >= 0.6 is 15.9 Å². The second kappa shape index (κ2) is 9.75. The minimum atomic E-state index is 0.179. The van der Waals surface area contributed by atoms with Gasteiger partial charge >= 0.3 is 0 Å². The number of nitrogens with zero attached hydrogens (tertiary/aromatic N) is 1. The average Bonchev–Trinajstić information content (AvgIpc) is 2.61. The quantitative estimate of drug-likeness (QED) is 0.461. The lowest BCUT2D eigenvalue weighted by Gasteiger charge is -2.13. The highest BCUT2D eigenvalue weighted by molar-refractivity contribution is 9.10. The van der Waals surface area contributed by atoms with Crippen LogP contribution in [0.15, 0.2) is 45.9 Å². The molecule has 0 bridgehead atoms. The Bertz CT molecular complexity index is 764. The van der Waals surface area contributed by atoms with Crippen molar-refractivity contribution in [1.29, 1.82) is 0 Å². The molecule has 2 aromatic rings. The van der Waals surface area contributed by atoms with Gasteiger partial charge in [0.25, 0.3) is 0 Å². The van der Waals surface area contributed by atoms with Crippen LogP contribution in [0.2, 0.25) is 0 Å². The Morgan fingerprint density at radius 3 is 2.44 bits per heavy atom. The van der Waals surface area contributed by atoms with Crippen molar-refractivity contribution in [3.05, 3.63) is 46.4 Å². The summed E-state index contributed by atoms with van der Waals surface area (Å²) < 4.78 is 17.4. The zero-order chi connectivity index (χ0) is 18.1. The molecule has 0 saturated carbocycles. The number of hydrogen-bond donors (Lipinski definition) is 0. The van der Waals surface area contributed by atoms with Crippen molar-refractivity contribution in [1.82, 2.24) is 0 Å². The predicted octanol–water partition coefficient (Wildman–Crippen LogP) is 5.01. The van der Waals surface area contributed by atoms with Gasteiger partial charge in [-0.25, -0.2) is 0 Å². The topological polar surface area (TPSA) is 40.0 Å². The number of rotatable bonds is 8. The second-order valence-electron chi connectivity index (χ2n) is 4.94. The average molecular weight is 402 g/mol. The molecule has 0 N–H and O–H groups in total. The van der Waals surface area contributed by atoms with E-state index in [0.29, 0.717) is 24.7 Å². The zero-order valence-corrected chi connectivity index (χ0v) is 15.9. The minimum Gasteiger partial charge on any atom is -0.494 e. The van der Waals surface area contributed by atoms with E-state index in [-0.39, 0.29) is 6.61 Å². The number of halogens is 1. The highest BCUT2D eigenvalue weighted by Crippen LogP contribution is 2.36. The smallest absolute Gasteiger partial charge is 0.176 e. The van der Waals surface area contributed by atoms with Crippen LogP contribution in [0.4, 0.5) is 5.69 Å². The first-order chi connectivity index (χ1) is 12.2. The Balaban J connectivity index is 2.22. The largest absolute Gasteiger partial charge is 0.494 e.